The highest BCUT2D eigenvalue weighted by atomic mass is 79.9. The van der Waals surface area contributed by atoms with Crippen LogP contribution in [0.1, 0.15) is 15.9 Å². The fourth-order valence-electron chi connectivity index (χ4n) is 2.31. The van der Waals surface area contributed by atoms with Crippen molar-refractivity contribution >= 4 is 43.5 Å². The van der Waals surface area contributed by atoms with E-state index in [2.05, 4.69) is 37.2 Å². The lowest BCUT2D eigenvalue weighted by atomic mass is 10.1. The van der Waals surface area contributed by atoms with Gasteiger partial charge in [0, 0.05) is 14.6 Å². The van der Waals surface area contributed by atoms with Gasteiger partial charge in [0.25, 0.3) is 5.91 Å². The average Bonchev–Trinajstić information content (AvgIpc) is 2.61. The molecule has 0 aromatic heterocycles. The molecule has 0 saturated heterocycles. The zero-order valence-electron chi connectivity index (χ0n) is 13.2. The number of halogens is 2. The second kappa shape index (κ2) is 8.32. The van der Waals surface area contributed by atoms with Gasteiger partial charge in [-0.1, -0.05) is 68.3 Å². The lowest BCUT2D eigenvalue weighted by Gasteiger charge is -2.13. The van der Waals surface area contributed by atoms with Crippen LogP contribution in [0.4, 0.5) is 5.69 Å². The van der Waals surface area contributed by atoms with Crippen molar-refractivity contribution in [1.29, 1.82) is 0 Å². The van der Waals surface area contributed by atoms with E-state index in [1.807, 2.05) is 60.7 Å². The molecular formula is C20H15Br2NO2. The summed E-state index contributed by atoms with van der Waals surface area (Å²) in [7, 11) is 0. The normalized spacial score (nSPS) is 10.3. The smallest absolute Gasteiger partial charge is 0.259 e. The Morgan fingerprint density at radius 1 is 0.880 bits per heavy atom. The standard InChI is InChI=1S/C20H15Br2NO2/c21-15-7-4-8-17(11-15)23-20(24)18-12-16(22)9-10-19(18)25-13-14-5-2-1-3-6-14/h1-12H,13H2,(H,23,24). The minimum absolute atomic E-state index is 0.220. The van der Waals surface area contributed by atoms with Crippen molar-refractivity contribution in [2.24, 2.45) is 0 Å². The molecule has 0 aliphatic rings. The van der Waals surface area contributed by atoms with Gasteiger partial charge in [-0.05, 0) is 42.0 Å². The van der Waals surface area contributed by atoms with Gasteiger partial charge < -0.3 is 10.1 Å². The molecule has 0 saturated carbocycles. The first-order chi connectivity index (χ1) is 12.1. The van der Waals surface area contributed by atoms with Crippen LogP contribution in [0.5, 0.6) is 5.75 Å². The Bertz CT molecular complexity index is 882. The Labute approximate surface area is 163 Å². The maximum absolute atomic E-state index is 12.7. The maximum atomic E-state index is 12.7. The number of hydrogen-bond acceptors (Lipinski definition) is 2. The average molecular weight is 461 g/mol. The van der Waals surface area contributed by atoms with Crippen molar-refractivity contribution in [1.82, 2.24) is 0 Å². The molecule has 25 heavy (non-hydrogen) atoms. The summed E-state index contributed by atoms with van der Waals surface area (Å²) in [4.78, 5) is 12.7. The van der Waals surface area contributed by atoms with Crippen LogP contribution in [0, 0.1) is 0 Å². The fraction of sp³-hybridized carbons (Fsp3) is 0.0500. The van der Waals surface area contributed by atoms with Gasteiger partial charge in [0.1, 0.15) is 12.4 Å². The Morgan fingerprint density at radius 3 is 2.40 bits per heavy atom. The molecule has 3 aromatic rings. The number of amides is 1. The largest absolute Gasteiger partial charge is 0.488 e. The van der Waals surface area contributed by atoms with Crippen LogP contribution < -0.4 is 10.1 Å². The molecule has 0 spiro atoms. The first-order valence-electron chi connectivity index (χ1n) is 7.65. The van der Waals surface area contributed by atoms with E-state index in [0.717, 1.165) is 14.5 Å². The van der Waals surface area contributed by atoms with E-state index in [1.165, 1.54) is 0 Å². The highest BCUT2D eigenvalue weighted by Gasteiger charge is 2.14. The quantitative estimate of drug-likeness (QED) is 0.503. The zero-order chi connectivity index (χ0) is 17.6. The molecule has 3 nitrogen and oxygen atoms in total. The Kier molecular flexibility index (Phi) is 5.89. The van der Waals surface area contributed by atoms with E-state index in [0.29, 0.717) is 23.6 Å². The van der Waals surface area contributed by atoms with E-state index in [9.17, 15) is 4.79 Å². The summed E-state index contributed by atoms with van der Waals surface area (Å²) < 4.78 is 7.59. The van der Waals surface area contributed by atoms with Crippen molar-refractivity contribution in [2.75, 3.05) is 5.32 Å². The summed E-state index contributed by atoms with van der Waals surface area (Å²) in [6.07, 6.45) is 0. The van der Waals surface area contributed by atoms with E-state index in [-0.39, 0.29) is 5.91 Å². The van der Waals surface area contributed by atoms with Crippen LogP contribution in [-0.4, -0.2) is 5.91 Å². The summed E-state index contributed by atoms with van der Waals surface area (Å²) in [5.41, 5.74) is 2.24. The number of carbonyl (C=O) groups excluding carboxylic acids is 1. The highest BCUT2D eigenvalue weighted by molar-refractivity contribution is 9.10. The van der Waals surface area contributed by atoms with Crippen molar-refractivity contribution in [3.8, 4) is 5.75 Å². The van der Waals surface area contributed by atoms with Crippen LogP contribution in [-0.2, 0) is 6.61 Å². The number of anilines is 1. The first kappa shape index (κ1) is 17.7. The van der Waals surface area contributed by atoms with Gasteiger partial charge in [0.15, 0.2) is 0 Å². The molecule has 0 fully saturated rings. The van der Waals surface area contributed by atoms with Crippen LogP contribution in [0.2, 0.25) is 0 Å². The van der Waals surface area contributed by atoms with E-state index >= 15 is 0 Å². The summed E-state index contributed by atoms with van der Waals surface area (Å²) in [6.45, 7) is 0.402. The number of benzene rings is 3. The molecule has 3 aromatic carbocycles. The number of nitrogens with one attached hydrogen (secondary N) is 1. The van der Waals surface area contributed by atoms with Crippen molar-refractivity contribution < 1.29 is 9.53 Å². The fourth-order valence-corrected chi connectivity index (χ4v) is 3.07. The Hall–Kier alpha value is -2.11. The predicted molar refractivity (Wildman–Crippen MR) is 107 cm³/mol. The van der Waals surface area contributed by atoms with Crippen molar-refractivity contribution in [2.45, 2.75) is 6.61 Å². The Balaban J connectivity index is 1.79. The van der Waals surface area contributed by atoms with Crippen LogP contribution in [0.15, 0.2) is 81.7 Å². The van der Waals surface area contributed by atoms with Gasteiger partial charge in [0.2, 0.25) is 0 Å². The number of rotatable bonds is 5. The summed E-state index contributed by atoms with van der Waals surface area (Å²) in [5, 5.41) is 2.90. The van der Waals surface area contributed by atoms with Crippen LogP contribution in [0.3, 0.4) is 0 Å². The minimum atomic E-state index is -0.220. The number of ether oxygens (including phenoxy) is 1. The molecule has 0 atom stereocenters. The topological polar surface area (TPSA) is 38.3 Å². The van der Waals surface area contributed by atoms with Gasteiger partial charge in [-0.3, -0.25) is 4.79 Å². The van der Waals surface area contributed by atoms with E-state index in [4.69, 9.17) is 4.74 Å². The van der Waals surface area contributed by atoms with Gasteiger partial charge in [-0.25, -0.2) is 0 Å². The molecule has 1 amide bonds. The molecule has 0 aliphatic carbocycles. The molecule has 1 N–H and O–H groups in total. The van der Waals surface area contributed by atoms with E-state index in [1.54, 1.807) is 12.1 Å². The lowest BCUT2D eigenvalue weighted by molar-refractivity contribution is 0.102. The SMILES string of the molecule is O=C(Nc1cccc(Br)c1)c1cc(Br)ccc1OCc1ccccc1. The lowest BCUT2D eigenvalue weighted by Crippen LogP contribution is -2.13. The van der Waals surface area contributed by atoms with Crippen molar-refractivity contribution in [3.63, 3.8) is 0 Å². The van der Waals surface area contributed by atoms with E-state index < -0.39 is 0 Å². The molecular weight excluding hydrogens is 446 g/mol. The molecule has 5 heteroatoms. The zero-order valence-corrected chi connectivity index (χ0v) is 16.4. The molecule has 0 bridgehead atoms. The Morgan fingerprint density at radius 2 is 1.64 bits per heavy atom. The molecule has 0 radical (unpaired) electrons. The predicted octanol–water partition coefficient (Wildman–Crippen LogP) is 6.04. The first-order valence-corrected chi connectivity index (χ1v) is 9.23. The highest BCUT2D eigenvalue weighted by Crippen LogP contribution is 2.26. The molecule has 3 rings (SSSR count). The van der Waals surface area contributed by atoms with Crippen molar-refractivity contribution in [3.05, 3.63) is 92.9 Å². The van der Waals surface area contributed by atoms with Gasteiger partial charge in [-0.2, -0.15) is 0 Å². The van der Waals surface area contributed by atoms with Gasteiger partial charge >= 0.3 is 0 Å². The number of hydrogen-bond donors (Lipinski definition) is 1. The van der Waals surface area contributed by atoms with Crippen LogP contribution >= 0.6 is 31.9 Å². The van der Waals surface area contributed by atoms with Gasteiger partial charge in [-0.15, -0.1) is 0 Å². The molecule has 126 valence electrons. The summed E-state index contributed by atoms with van der Waals surface area (Å²) in [5.74, 6) is 0.321. The second-order valence-corrected chi connectivity index (χ2v) is 7.21. The van der Waals surface area contributed by atoms with Crippen LogP contribution in [0.25, 0.3) is 0 Å². The number of carbonyl (C=O) groups is 1. The molecule has 0 unspecified atom stereocenters. The second-order valence-electron chi connectivity index (χ2n) is 5.38. The molecule has 0 heterocycles. The minimum Gasteiger partial charge on any atom is -0.488 e. The monoisotopic (exact) mass is 459 g/mol. The third-order valence-electron chi connectivity index (χ3n) is 3.51. The third-order valence-corrected chi connectivity index (χ3v) is 4.49. The summed E-state index contributed by atoms with van der Waals surface area (Å²) >= 11 is 6.82. The van der Waals surface area contributed by atoms with Gasteiger partial charge in [0.05, 0.1) is 5.56 Å². The molecule has 0 aliphatic heterocycles. The third kappa shape index (κ3) is 4.94. The maximum Gasteiger partial charge on any atom is 0.259 e. The summed E-state index contributed by atoms with van der Waals surface area (Å²) in [6, 6.07) is 22.7.